The van der Waals surface area contributed by atoms with E-state index in [0.717, 1.165) is 32.8 Å². The Morgan fingerprint density at radius 1 is 1.11 bits per heavy atom. The van der Waals surface area contributed by atoms with Crippen LogP contribution < -0.4 is 0 Å². The number of rotatable bonds is 4. The molecule has 0 bridgehead atoms. The molecule has 0 radical (unpaired) electrons. The fourth-order valence-electron chi connectivity index (χ4n) is 2.86. The van der Waals surface area contributed by atoms with Gasteiger partial charge in [-0.2, -0.15) is 0 Å². The second-order valence-corrected chi connectivity index (χ2v) is 5.32. The predicted octanol–water partition coefficient (Wildman–Crippen LogP) is 2.67. The molecule has 0 spiro atoms. The van der Waals surface area contributed by atoms with Gasteiger partial charge in [-0.3, -0.25) is 4.90 Å². The summed E-state index contributed by atoms with van der Waals surface area (Å²) in [7, 11) is 0. The van der Waals surface area contributed by atoms with Gasteiger partial charge in [0.25, 0.3) is 0 Å². The zero-order valence-electron chi connectivity index (χ0n) is 11.6. The van der Waals surface area contributed by atoms with Gasteiger partial charge in [-0.1, -0.05) is 12.1 Å². The van der Waals surface area contributed by atoms with E-state index in [1.165, 1.54) is 29.4 Å². The molecule has 0 aliphatic carbocycles. The molecule has 2 heterocycles. The Morgan fingerprint density at radius 2 is 1.95 bits per heavy atom. The van der Waals surface area contributed by atoms with Crippen LogP contribution in [0.1, 0.15) is 12.0 Å². The maximum Gasteiger partial charge on any atom is 0.0594 e. The molecule has 1 aromatic heterocycles. The third-order valence-corrected chi connectivity index (χ3v) is 4.01. The van der Waals surface area contributed by atoms with E-state index in [9.17, 15) is 0 Å². The lowest BCUT2D eigenvalue weighted by Crippen LogP contribution is -2.37. The number of hydrogen-bond donors (Lipinski definition) is 0. The summed E-state index contributed by atoms with van der Waals surface area (Å²) >= 11 is 0. The standard InChI is InChI=1S/C16H22N2O/c1-14-4-2-5-16-15(14)6-9-18(16)8-3-7-17-10-12-19-13-11-17/h2,4-6,9H,3,7-8,10-13H2,1H3. The quantitative estimate of drug-likeness (QED) is 0.839. The van der Waals surface area contributed by atoms with Crippen LogP contribution in [0.3, 0.4) is 0 Å². The second kappa shape index (κ2) is 5.76. The van der Waals surface area contributed by atoms with Crippen molar-refractivity contribution in [3.63, 3.8) is 0 Å². The van der Waals surface area contributed by atoms with Gasteiger partial charge in [-0.15, -0.1) is 0 Å². The number of morpholine rings is 1. The Morgan fingerprint density at radius 3 is 2.79 bits per heavy atom. The largest absolute Gasteiger partial charge is 0.379 e. The molecular formula is C16H22N2O. The Labute approximate surface area is 114 Å². The van der Waals surface area contributed by atoms with Crippen molar-refractivity contribution in [1.82, 2.24) is 9.47 Å². The van der Waals surface area contributed by atoms with Gasteiger partial charge in [0.05, 0.1) is 13.2 Å². The lowest BCUT2D eigenvalue weighted by Gasteiger charge is -2.26. The molecular weight excluding hydrogens is 236 g/mol. The number of benzene rings is 1. The van der Waals surface area contributed by atoms with Crippen molar-refractivity contribution < 1.29 is 4.74 Å². The smallest absolute Gasteiger partial charge is 0.0594 e. The summed E-state index contributed by atoms with van der Waals surface area (Å²) in [5.74, 6) is 0. The van der Waals surface area contributed by atoms with Crippen LogP contribution in [-0.4, -0.2) is 42.3 Å². The van der Waals surface area contributed by atoms with E-state index >= 15 is 0 Å². The highest BCUT2D eigenvalue weighted by Gasteiger charge is 2.09. The van der Waals surface area contributed by atoms with Crippen molar-refractivity contribution in [2.45, 2.75) is 19.9 Å². The van der Waals surface area contributed by atoms with Gasteiger partial charge in [0.15, 0.2) is 0 Å². The van der Waals surface area contributed by atoms with E-state index in [-0.39, 0.29) is 0 Å². The van der Waals surface area contributed by atoms with Gasteiger partial charge >= 0.3 is 0 Å². The first-order valence-electron chi connectivity index (χ1n) is 7.19. The zero-order chi connectivity index (χ0) is 13.1. The van der Waals surface area contributed by atoms with Gasteiger partial charge in [-0.25, -0.2) is 0 Å². The number of aryl methyl sites for hydroxylation is 2. The molecule has 102 valence electrons. The summed E-state index contributed by atoms with van der Waals surface area (Å²) in [6.07, 6.45) is 3.43. The van der Waals surface area contributed by atoms with E-state index in [4.69, 9.17) is 4.74 Å². The summed E-state index contributed by atoms with van der Waals surface area (Å²) in [6.45, 7) is 8.42. The zero-order valence-corrected chi connectivity index (χ0v) is 11.6. The van der Waals surface area contributed by atoms with E-state index in [0.29, 0.717) is 0 Å². The average Bonchev–Trinajstić information content (AvgIpc) is 2.85. The molecule has 1 aromatic carbocycles. The third-order valence-electron chi connectivity index (χ3n) is 4.01. The number of hydrogen-bond acceptors (Lipinski definition) is 2. The van der Waals surface area contributed by atoms with Gasteiger partial charge in [0, 0.05) is 43.3 Å². The minimum Gasteiger partial charge on any atom is -0.379 e. The number of aromatic nitrogens is 1. The van der Waals surface area contributed by atoms with Crippen LogP contribution >= 0.6 is 0 Å². The highest BCUT2D eigenvalue weighted by atomic mass is 16.5. The molecule has 3 rings (SSSR count). The van der Waals surface area contributed by atoms with Crippen molar-refractivity contribution in [3.8, 4) is 0 Å². The first-order valence-corrected chi connectivity index (χ1v) is 7.19. The van der Waals surface area contributed by atoms with Crippen molar-refractivity contribution >= 4 is 10.9 Å². The van der Waals surface area contributed by atoms with Crippen molar-refractivity contribution in [1.29, 1.82) is 0 Å². The minimum absolute atomic E-state index is 0.894. The normalized spacial score (nSPS) is 17.1. The fourth-order valence-corrected chi connectivity index (χ4v) is 2.86. The van der Waals surface area contributed by atoms with E-state index in [2.05, 4.69) is 46.9 Å². The van der Waals surface area contributed by atoms with Crippen LogP contribution in [0, 0.1) is 6.92 Å². The monoisotopic (exact) mass is 258 g/mol. The first-order chi connectivity index (χ1) is 9.34. The molecule has 0 N–H and O–H groups in total. The van der Waals surface area contributed by atoms with Gasteiger partial charge in [0.1, 0.15) is 0 Å². The predicted molar refractivity (Wildman–Crippen MR) is 78.6 cm³/mol. The van der Waals surface area contributed by atoms with Crippen LogP contribution in [0.25, 0.3) is 10.9 Å². The Hall–Kier alpha value is -1.32. The number of nitrogens with zero attached hydrogens (tertiary/aromatic N) is 2. The molecule has 0 unspecified atom stereocenters. The summed E-state index contributed by atoms with van der Waals surface area (Å²) in [5, 5.41) is 1.38. The topological polar surface area (TPSA) is 17.4 Å². The van der Waals surface area contributed by atoms with Crippen molar-refractivity contribution in [2.75, 3.05) is 32.8 Å². The molecule has 0 atom stereocenters. The van der Waals surface area contributed by atoms with Crippen molar-refractivity contribution in [2.24, 2.45) is 0 Å². The van der Waals surface area contributed by atoms with E-state index < -0.39 is 0 Å². The van der Waals surface area contributed by atoms with Gasteiger partial charge in [-0.05, 0) is 31.0 Å². The molecule has 0 amide bonds. The first kappa shape index (κ1) is 12.7. The van der Waals surface area contributed by atoms with E-state index in [1.54, 1.807) is 0 Å². The highest BCUT2D eigenvalue weighted by molar-refractivity contribution is 5.83. The Kier molecular flexibility index (Phi) is 3.85. The molecule has 2 aromatic rings. The minimum atomic E-state index is 0.894. The Bertz CT molecular complexity index is 541. The highest BCUT2D eigenvalue weighted by Crippen LogP contribution is 2.19. The van der Waals surface area contributed by atoms with Crippen LogP contribution in [0.4, 0.5) is 0 Å². The van der Waals surface area contributed by atoms with Gasteiger partial charge < -0.3 is 9.30 Å². The average molecular weight is 258 g/mol. The number of ether oxygens (including phenoxy) is 1. The maximum absolute atomic E-state index is 5.38. The summed E-state index contributed by atoms with van der Waals surface area (Å²) in [6, 6.07) is 8.78. The molecule has 3 nitrogen and oxygen atoms in total. The second-order valence-electron chi connectivity index (χ2n) is 5.32. The molecule has 3 heteroatoms. The van der Waals surface area contributed by atoms with Gasteiger partial charge in [0.2, 0.25) is 0 Å². The maximum atomic E-state index is 5.38. The SMILES string of the molecule is Cc1cccc2c1ccn2CCCN1CCOCC1. The molecule has 1 aliphatic rings. The van der Waals surface area contributed by atoms with E-state index in [1.807, 2.05) is 0 Å². The molecule has 1 saturated heterocycles. The van der Waals surface area contributed by atoms with Crippen LogP contribution in [0.15, 0.2) is 30.5 Å². The van der Waals surface area contributed by atoms with Crippen LogP contribution in [-0.2, 0) is 11.3 Å². The molecule has 0 saturated carbocycles. The van der Waals surface area contributed by atoms with Crippen molar-refractivity contribution in [3.05, 3.63) is 36.0 Å². The molecule has 1 aliphatic heterocycles. The van der Waals surface area contributed by atoms with Crippen LogP contribution in [0.5, 0.6) is 0 Å². The van der Waals surface area contributed by atoms with Crippen LogP contribution in [0.2, 0.25) is 0 Å². The molecule has 19 heavy (non-hydrogen) atoms. The fraction of sp³-hybridized carbons (Fsp3) is 0.500. The molecule has 1 fully saturated rings. The Balaban J connectivity index is 1.60. The number of fused-ring (bicyclic) bond motifs is 1. The summed E-state index contributed by atoms with van der Waals surface area (Å²) < 4.78 is 7.75. The summed E-state index contributed by atoms with van der Waals surface area (Å²) in [4.78, 5) is 2.50. The lowest BCUT2D eigenvalue weighted by atomic mass is 10.1. The summed E-state index contributed by atoms with van der Waals surface area (Å²) in [5.41, 5.74) is 2.73. The third kappa shape index (κ3) is 2.82. The lowest BCUT2D eigenvalue weighted by molar-refractivity contribution is 0.0370.